The molecule has 0 heteroatoms. The van der Waals surface area contributed by atoms with Crippen molar-refractivity contribution >= 4 is 43.1 Å². The van der Waals surface area contributed by atoms with Crippen molar-refractivity contribution in [2.75, 3.05) is 0 Å². The molecule has 192 valence electrons. The van der Waals surface area contributed by atoms with Gasteiger partial charge in [-0.1, -0.05) is 140 Å². The fourth-order valence-corrected chi connectivity index (χ4v) is 6.70. The van der Waals surface area contributed by atoms with Gasteiger partial charge in [-0.25, -0.2) is 0 Å². The normalized spacial score (nSPS) is 11.5. The lowest BCUT2D eigenvalue weighted by molar-refractivity contribution is 1.47. The average molecular weight is 521 g/mol. The summed E-state index contributed by atoms with van der Waals surface area (Å²) in [5.41, 5.74) is 8.98. The van der Waals surface area contributed by atoms with Gasteiger partial charge in [0.15, 0.2) is 0 Å². The number of fused-ring (bicyclic) bond motifs is 5. The fourth-order valence-electron chi connectivity index (χ4n) is 6.70. The van der Waals surface area contributed by atoms with E-state index in [-0.39, 0.29) is 0 Å². The predicted octanol–water partition coefficient (Wildman–Crippen LogP) is 11.6. The van der Waals surface area contributed by atoms with Crippen molar-refractivity contribution in [3.63, 3.8) is 0 Å². The first-order valence-electron chi connectivity index (χ1n) is 14.3. The molecule has 0 bridgehead atoms. The summed E-state index contributed by atoms with van der Waals surface area (Å²) in [5.74, 6) is 0. The molecule has 0 radical (unpaired) electrons. The molecule has 0 unspecified atom stereocenters. The fraction of sp³-hybridized carbons (Fsp3) is 0.0244. The second-order valence-corrected chi connectivity index (χ2v) is 10.9. The molecular formula is C41H28. The standard InChI is InChI=1S/C41H28/c1-27-13-5-6-16-31(27)41-36-21-11-9-19-34(36)40(35-20-10-12-22-37(35)41)30-24-23-29-25-38(28-14-3-2-4-15-28)32-17-7-8-18-33(32)39(29)26-30/h2-26H,1H3. The highest BCUT2D eigenvalue weighted by Gasteiger charge is 2.18. The predicted molar refractivity (Wildman–Crippen MR) is 178 cm³/mol. The molecule has 0 N–H and O–H groups in total. The van der Waals surface area contributed by atoms with Crippen LogP contribution in [-0.4, -0.2) is 0 Å². The molecule has 8 rings (SSSR count). The van der Waals surface area contributed by atoms with Crippen molar-refractivity contribution in [2.45, 2.75) is 6.92 Å². The number of rotatable bonds is 3. The van der Waals surface area contributed by atoms with Crippen LogP contribution in [0.3, 0.4) is 0 Å². The monoisotopic (exact) mass is 520 g/mol. The van der Waals surface area contributed by atoms with Crippen molar-refractivity contribution in [3.05, 3.63) is 157 Å². The van der Waals surface area contributed by atoms with Gasteiger partial charge in [0.1, 0.15) is 0 Å². The summed E-state index contributed by atoms with van der Waals surface area (Å²) in [5, 5.41) is 10.3. The van der Waals surface area contributed by atoms with E-state index in [0.717, 1.165) is 0 Å². The van der Waals surface area contributed by atoms with Gasteiger partial charge in [-0.05, 0) is 101 Å². The largest absolute Gasteiger partial charge is 0.0622 e. The van der Waals surface area contributed by atoms with E-state index >= 15 is 0 Å². The maximum absolute atomic E-state index is 2.41. The quantitative estimate of drug-likeness (QED) is 0.160. The molecule has 0 aliphatic rings. The summed E-state index contributed by atoms with van der Waals surface area (Å²) in [4.78, 5) is 0. The Morgan fingerprint density at radius 1 is 0.317 bits per heavy atom. The maximum Gasteiger partial charge on any atom is -0.00237 e. The number of hydrogen-bond acceptors (Lipinski definition) is 0. The lowest BCUT2D eigenvalue weighted by atomic mass is 9.84. The van der Waals surface area contributed by atoms with E-state index in [1.54, 1.807) is 0 Å². The van der Waals surface area contributed by atoms with E-state index < -0.39 is 0 Å². The minimum atomic E-state index is 1.25. The zero-order valence-electron chi connectivity index (χ0n) is 22.9. The van der Waals surface area contributed by atoms with Crippen LogP contribution in [0.1, 0.15) is 5.56 Å². The van der Waals surface area contributed by atoms with Crippen molar-refractivity contribution in [1.29, 1.82) is 0 Å². The third kappa shape index (κ3) is 3.76. The molecule has 8 aromatic rings. The second kappa shape index (κ2) is 9.47. The molecule has 0 spiro atoms. The molecule has 0 fully saturated rings. The first kappa shape index (κ1) is 23.7. The zero-order chi connectivity index (χ0) is 27.3. The summed E-state index contributed by atoms with van der Waals surface area (Å²) in [6.07, 6.45) is 0. The van der Waals surface area contributed by atoms with Crippen molar-refractivity contribution in [2.24, 2.45) is 0 Å². The van der Waals surface area contributed by atoms with Gasteiger partial charge in [0.2, 0.25) is 0 Å². The van der Waals surface area contributed by atoms with Crippen LogP contribution in [0.5, 0.6) is 0 Å². The van der Waals surface area contributed by atoms with Crippen LogP contribution < -0.4 is 0 Å². The summed E-state index contributed by atoms with van der Waals surface area (Å²) in [6, 6.07) is 55.5. The van der Waals surface area contributed by atoms with Gasteiger partial charge in [0, 0.05) is 0 Å². The summed E-state index contributed by atoms with van der Waals surface area (Å²) >= 11 is 0. The van der Waals surface area contributed by atoms with Crippen LogP contribution in [0.25, 0.3) is 76.5 Å². The average Bonchev–Trinajstić information content (AvgIpc) is 3.04. The Hall–Kier alpha value is -5.20. The minimum absolute atomic E-state index is 1.25. The molecule has 0 saturated carbocycles. The molecule has 0 atom stereocenters. The Morgan fingerprint density at radius 3 is 1.51 bits per heavy atom. The number of hydrogen-bond donors (Lipinski definition) is 0. The van der Waals surface area contributed by atoms with E-state index in [1.807, 2.05) is 0 Å². The van der Waals surface area contributed by atoms with Gasteiger partial charge in [-0.3, -0.25) is 0 Å². The van der Waals surface area contributed by atoms with Crippen LogP contribution >= 0.6 is 0 Å². The van der Waals surface area contributed by atoms with Gasteiger partial charge >= 0.3 is 0 Å². The molecule has 0 aliphatic carbocycles. The van der Waals surface area contributed by atoms with Gasteiger partial charge < -0.3 is 0 Å². The van der Waals surface area contributed by atoms with Gasteiger partial charge in [-0.15, -0.1) is 0 Å². The number of aryl methyl sites for hydroxylation is 1. The van der Waals surface area contributed by atoms with E-state index in [4.69, 9.17) is 0 Å². The highest BCUT2D eigenvalue weighted by atomic mass is 14.2. The van der Waals surface area contributed by atoms with Gasteiger partial charge in [0.25, 0.3) is 0 Å². The summed E-state index contributed by atoms with van der Waals surface area (Å²) in [7, 11) is 0. The zero-order valence-corrected chi connectivity index (χ0v) is 22.9. The molecule has 0 aromatic heterocycles. The third-order valence-electron chi connectivity index (χ3n) is 8.58. The summed E-state index contributed by atoms with van der Waals surface area (Å²) in [6.45, 7) is 2.21. The topological polar surface area (TPSA) is 0 Å². The molecule has 0 heterocycles. The lowest BCUT2D eigenvalue weighted by Gasteiger charge is -2.19. The first-order valence-corrected chi connectivity index (χ1v) is 14.3. The van der Waals surface area contributed by atoms with E-state index in [2.05, 4.69) is 159 Å². The van der Waals surface area contributed by atoms with Gasteiger partial charge in [0.05, 0.1) is 0 Å². The van der Waals surface area contributed by atoms with E-state index in [9.17, 15) is 0 Å². The van der Waals surface area contributed by atoms with Crippen molar-refractivity contribution in [3.8, 4) is 33.4 Å². The number of benzene rings is 8. The molecule has 0 amide bonds. The van der Waals surface area contributed by atoms with Crippen LogP contribution in [0.15, 0.2) is 152 Å². The first-order chi connectivity index (χ1) is 20.3. The van der Waals surface area contributed by atoms with Crippen molar-refractivity contribution < 1.29 is 0 Å². The van der Waals surface area contributed by atoms with Gasteiger partial charge in [-0.2, -0.15) is 0 Å². The SMILES string of the molecule is Cc1ccccc1-c1c2ccccc2c(-c2ccc3cc(-c4ccccc4)c4ccccc4c3c2)c2ccccc12. The second-order valence-electron chi connectivity index (χ2n) is 10.9. The van der Waals surface area contributed by atoms with Crippen LogP contribution in [0, 0.1) is 6.92 Å². The molecule has 8 aromatic carbocycles. The highest BCUT2D eigenvalue weighted by molar-refractivity contribution is 6.23. The summed E-state index contributed by atoms with van der Waals surface area (Å²) < 4.78 is 0. The minimum Gasteiger partial charge on any atom is -0.0622 e. The lowest BCUT2D eigenvalue weighted by Crippen LogP contribution is -1.92. The molecule has 0 saturated heterocycles. The Kier molecular flexibility index (Phi) is 5.47. The molecule has 41 heavy (non-hydrogen) atoms. The maximum atomic E-state index is 2.41. The molecular weight excluding hydrogens is 492 g/mol. The highest BCUT2D eigenvalue weighted by Crippen LogP contribution is 2.45. The molecule has 0 nitrogen and oxygen atoms in total. The van der Waals surface area contributed by atoms with Crippen molar-refractivity contribution in [1.82, 2.24) is 0 Å². The van der Waals surface area contributed by atoms with Crippen LogP contribution in [0.4, 0.5) is 0 Å². The Morgan fingerprint density at radius 2 is 0.854 bits per heavy atom. The third-order valence-corrected chi connectivity index (χ3v) is 8.58. The van der Waals surface area contributed by atoms with E-state index in [1.165, 1.54) is 82.0 Å². The van der Waals surface area contributed by atoms with E-state index in [0.29, 0.717) is 0 Å². The Labute approximate surface area is 240 Å². The molecule has 0 aliphatic heterocycles. The van der Waals surface area contributed by atoms with Crippen LogP contribution in [0.2, 0.25) is 0 Å². The Bertz CT molecular complexity index is 2200. The Balaban J connectivity index is 1.46. The smallest absolute Gasteiger partial charge is 0.00237 e. The van der Waals surface area contributed by atoms with Crippen LogP contribution in [-0.2, 0) is 0 Å².